The molecule has 0 aromatic carbocycles. The minimum absolute atomic E-state index is 0.0892. The Bertz CT molecular complexity index is 459. The number of nitrogens with zero attached hydrogens (tertiary/aromatic N) is 2. The third-order valence-electron chi connectivity index (χ3n) is 3.98. The van der Waals surface area contributed by atoms with Crippen LogP contribution in [-0.2, 0) is 0 Å². The molecule has 0 aliphatic carbocycles. The van der Waals surface area contributed by atoms with E-state index >= 15 is 0 Å². The number of hydrogen-bond donors (Lipinski definition) is 0. The van der Waals surface area contributed by atoms with Crippen LogP contribution in [0.5, 0.6) is 0 Å². The Morgan fingerprint density at radius 2 is 2.00 bits per heavy atom. The first kappa shape index (κ1) is 14.0. The van der Waals surface area contributed by atoms with Gasteiger partial charge in [0.1, 0.15) is 0 Å². The number of likely N-dealkylation sites (tertiary alicyclic amines) is 1. The van der Waals surface area contributed by atoms with Gasteiger partial charge in [-0.25, -0.2) is 4.98 Å². The van der Waals surface area contributed by atoms with E-state index in [9.17, 15) is 9.18 Å². The molecule has 0 atom stereocenters. The van der Waals surface area contributed by atoms with E-state index in [0.717, 1.165) is 25.9 Å². The lowest BCUT2D eigenvalue weighted by atomic mass is 9.75. The predicted molar refractivity (Wildman–Crippen MR) is 72.3 cm³/mol. The molecule has 0 saturated carbocycles. The van der Waals surface area contributed by atoms with Crippen LogP contribution in [0.15, 0.2) is 18.3 Å². The summed E-state index contributed by atoms with van der Waals surface area (Å²) in [5.41, 5.74) is 0.680. The first-order chi connectivity index (χ1) is 8.88. The largest absolute Gasteiger partial charge is 0.339 e. The molecule has 0 N–H and O–H groups in total. The lowest BCUT2D eigenvalue weighted by Crippen LogP contribution is -2.41. The maximum atomic E-state index is 13.0. The fraction of sp³-hybridized carbons (Fsp3) is 0.600. The standard InChI is InChI=1S/C15H21FN2O/c1-15(2,3)12-5-8-18(9-6-12)14(19)11-4-7-17-13(16)10-11/h4,7,10,12H,5-6,8-9H2,1-3H3. The maximum Gasteiger partial charge on any atom is 0.254 e. The van der Waals surface area contributed by atoms with Crippen molar-refractivity contribution in [2.75, 3.05) is 13.1 Å². The van der Waals surface area contributed by atoms with Gasteiger partial charge in [-0.15, -0.1) is 0 Å². The molecule has 1 aromatic heterocycles. The number of piperidine rings is 1. The summed E-state index contributed by atoms with van der Waals surface area (Å²) >= 11 is 0. The van der Waals surface area contributed by atoms with Crippen molar-refractivity contribution < 1.29 is 9.18 Å². The molecule has 1 aliphatic rings. The summed E-state index contributed by atoms with van der Waals surface area (Å²) in [6.07, 6.45) is 3.37. The van der Waals surface area contributed by atoms with Crippen LogP contribution in [0.4, 0.5) is 4.39 Å². The minimum atomic E-state index is -0.601. The van der Waals surface area contributed by atoms with Gasteiger partial charge in [0.25, 0.3) is 5.91 Å². The van der Waals surface area contributed by atoms with Crippen molar-refractivity contribution in [3.63, 3.8) is 0 Å². The van der Waals surface area contributed by atoms with Gasteiger partial charge in [-0.3, -0.25) is 4.79 Å². The van der Waals surface area contributed by atoms with Gasteiger partial charge in [-0.05, 0) is 30.2 Å². The van der Waals surface area contributed by atoms with E-state index in [2.05, 4.69) is 25.8 Å². The Kier molecular flexibility index (Phi) is 3.88. The first-order valence-electron chi connectivity index (χ1n) is 6.79. The van der Waals surface area contributed by atoms with Crippen LogP contribution in [0.3, 0.4) is 0 Å². The Balaban J connectivity index is 2.00. The van der Waals surface area contributed by atoms with E-state index in [1.807, 2.05) is 4.90 Å². The normalized spacial score (nSPS) is 17.6. The average molecular weight is 264 g/mol. The average Bonchev–Trinajstić information content (AvgIpc) is 2.37. The first-order valence-corrected chi connectivity index (χ1v) is 6.79. The lowest BCUT2D eigenvalue weighted by Gasteiger charge is -2.38. The highest BCUT2D eigenvalue weighted by atomic mass is 19.1. The van der Waals surface area contributed by atoms with Crippen LogP contribution in [-0.4, -0.2) is 28.9 Å². The number of hydrogen-bond acceptors (Lipinski definition) is 2. The summed E-state index contributed by atoms with van der Waals surface area (Å²) < 4.78 is 13.0. The molecule has 0 radical (unpaired) electrons. The van der Waals surface area contributed by atoms with E-state index in [4.69, 9.17) is 0 Å². The van der Waals surface area contributed by atoms with Gasteiger partial charge in [0.05, 0.1) is 0 Å². The zero-order valence-electron chi connectivity index (χ0n) is 11.8. The molecule has 0 spiro atoms. The molecular formula is C15H21FN2O. The number of carbonyl (C=O) groups is 1. The topological polar surface area (TPSA) is 33.2 Å². The highest BCUT2D eigenvalue weighted by Gasteiger charge is 2.30. The van der Waals surface area contributed by atoms with Crippen molar-refractivity contribution in [3.05, 3.63) is 29.8 Å². The van der Waals surface area contributed by atoms with E-state index in [0.29, 0.717) is 11.5 Å². The van der Waals surface area contributed by atoms with Crippen LogP contribution in [0.25, 0.3) is 0 Å². The summed E-state index contributed by atoms with van der Waals surface area (Å²) in [7, 11) is 0. The summed E-state index contributed by atoms with van der Waals surface area (Å²) in [5.74, 6) is -0.0465. The number of carbonyl (C=O) groups excluding carboxylic acids is 1. The van der Waals surface area contributed by atoms with E-state index in [-0.39, 0.29) is 11.3 Å². The molecule has 1 fully saturated rings. The van der Waals surface area contributed by atoms with Gasteiger partial charge in [0.15, 0.2) is 0 Å². The molecular weight excluding hydrogens is 243 g/mol. The fourth-order valence-electron chi connectivity index (χ4n) is 2.67. The highest BCUT2D eigenvalue weighted by Crippen LogP contribution is 2.34. The minimum Gasteiger partial charge on any atom is -0.339 e. The molecule has 3 nitrogen and oxygen atoms in total. The van der Waals surface area contributed by atoms with Crippen LogP contribution in [0.2, 0.25) is 0 Å². The summed E-state index contributed by atoms with van der Waals surface area (Å²) in [5, 5.41) is 0. The fourth-order valence-corrected chi connectivity index (χ4v) is 2.67. The van der Waals surface area contributed by atoms with Gasteiger partial charge in [-0.1, -0.05) is 20.8 Å². The molecule has 0 bridgehead atoms. The summed E-state index contributed by atoms with van der Waals surface area (Å²) in [4.78, 5) is 17.5. The zero-order valence-corrected chi connectivity index (χ0v) is 11.8. The highest BCUT2D eigenvalue weighted by molar-refractivity contribution is 5.94. The smallest absolute Gasteiger partial charge is 0.254 e. The molecule has 19 heavy (non-hydrogen) atoms. The van der Waals surface area contributed by atoms with Crippen molar-refractivity contribution in [2.45, 2.75) is 33.6 Å². The molecule has 0 unspecified atom stereocenters. The second-order valence-corrected chi connectivity index (χ2v) is 6.30. The molecule has 1 aromatic rings. The van der Waals surface area contributed by atoms with Gasteiger partial charge in [-0.2, -0.15) is 4.39 Å². The Morgan fingerprint density at radius 3 is 2.53 bits per heavy atom. The summed E-state index contributed by atoms with van der Waals surface area (Å²) in [6, 6.07) is 2.78. The molecule has 1 amide bonds. The maximum absolute atomic E-state index is 13.0. The van der Waals surface area contributed by atoms with Crippen molar-refractivity contribution in [2.24, 2.45) is 11.3 Å². The van der Waals surface area contributed by atoms with Crippen LogP contribution >= 0.6 is 0 Å². The van der Waals surface area contributed by atoms with Crippen LogP contribution < -0.4 is 0 Å². The van der Waals surface area contributed by atoms with Gasteiger partial charge >= 0.3 is 0 Å². The number of halogens is 1. The molecule has 1 aliphatic heterocycles. The second kappa shape index (κ2) is 5.27. The van der Waals surface area contributed by atoms with Crippen LogP contribution in [0, 0.1) is 17.3 Å². The molecule has 2 rings (SSSR count). The number of amides is 1. The monoisotopic (exact) mass is 264 g/mol. The number of pyridine rings is 1. The van der Waals surface area contributed by atoms with E-state index in [1.54, 1.807) is 6.07 Å². The Hall–Kier alpha value is -1.45. The van der Waals surface area contributed by atoms with Crippen molar-refractivity contribution >= 4 is 5.91 Å². The van der Waals surface area contributed by atoms with Gasteiger partial charge in [0.2, 0.25) is 5.95 Å². The summed E-state index contributed by atoms with van der Waals surface area (Å²) in [6.45, 7) is 8.24. The Labute approximate surface area is 113 Å². The van der Waals surface area contributed by atoms with Crippen LogP contribution in [0.1, 0.15) is 44.0 Å². The predicted octanol–water partition coefficient (Wildman–Crippen LogP) is 3.12. The number of rotatable bonds is 1. The van der Waals surface area contributed by atoms with E-state index in [1.165, 1.54) is 12.3 Å². The molecule has 104 valence electrons. The van der Waals surface area contributed by atoms with Crippen molar-refractivity contribution in [3.8, 4) is 0 Å². The molecule has 1 saturated heterocycles. The van der Waals surface area contributed by atoms with Crippen molar-refractivity contribution in [1.29, 1.82) is 0 Å². The van der Waals surface area contributed by atoms with Gasteiger partial charge < -0.3 is 4.90 Å². The van der Waals surface area contributed by atoms with Crippen molar-refractivity contribution in [1.82, 2.24) is 9.88 Å². The van der Waals surface area contributed by atoms with E-state index < -0.39 is 5.95 Å². The van der Waals surface area contributed by atoms with Gasteiger partial charge in [0, 0.05) is 30.9 Å². The lowest BCUT2D eigenvalue weighted by molar-refractivity contribution is 0.0608. The SMILES string of the molecule is CC(C)(C)C1CCN(C(=O)c2ccnc(F)c2)CC1. The third kappa shape index (κ3) is 3.31. The molecule has 4 heteroatoms. The third-order valence-corrected chi connectivity index (χ3v) is 3.98. The number of aromatic nitrogens is 1. The Morgan fingerprint density at radius 1 is 1.37 bits per heavy atom. The molecule has 2 heterocycles. The second-order valence-electron chi connectivity index (χ2n) is 6.30. The quantitative estimate of drug-likeness (QED) is 0.730. The zero-order chi connectivity index (χ0) is 14.0.